The van der Waals surface area contributed by atoms with Gasteiger partial charge in [-0.05, 0) is 24.5 Å². The molecule has 2 amide bonds. The van der Waals surface area contributed by atoms with E-state index in [2.05, 4.69) is 11.6 Å². The molecule has 0 aliphatic carbocycles. The van der Waals surface area contributed by atoms with Gasteiger partial charge in [-0.15, -0.1) is 6.58 Å². The van der Waals surface area contributed by atoms with Crippen molar-refractivity contribution in [3.63, 3.8) is 0 Å². The van der Waals surface area contributed by atoms with Crippen LogP contribution in [0, 0.1) is 0 Å². The third kappa shape index (κ3) is 6.86. The topological polar surface area (TPSA) is 80.3 Å². The lowest BCUT2D eigenvalue weighted by molar-refractivity contribution is -0.273. The Balaban J connectivity index is 2.28. The summed E-state index contributed by atoms with van der Waals surface area (Å²) in [6.07, 6.45) is -10.2. The standard InChI is InChI=1S/C21H17Cl2F6N3O3/c1-2-3-9-19(21(27,28)29,35-11-12-7-5-4-6-8-12)18(34)32-31-17(33)15-14(22)10-13(16(23)30-15)20(24,25)26/h2,4-8,10H,1,3,9,11H2,(H,31,33)(H,32,34). The number of halogens is 8. The van der Waals surface area contributed by atoms with Gasteiger partial charge in [-0.2, -0.15) is 26.3 Å². The number of benzene rings is 1. The summed E-state index contributed by atoms with van der Waals surface area (Å²) in [4.78, 5) is 28.2. The van der Waals surface area contributed by atoms with Gasteiger partial charge in [0.05, 0.1) is 17.2 Å². The number of carbonyl (C=O) groups excluding carboxylic acids is 2. The first-order chi connectivity index (χ1) is 16.2. The summed E-state index contributed by atoms with van der Waals surface area (Å²) in [7, 11) is 0. The number of allylic oxidation sites excluding steroid dienone is 1. The number of aromatic nitrogens is 1. The largest absolute Gasteiger partial charge is 0.426 e. The number of alkyl halides is 6. The molecule has 2 rings (SSSR count). The lowest BCUT2D eigenvalue weighted by Gasteiger charge is -2.34. The molecule has 190 valence electrons. The Bertz CT molecular complexity index is 1080. The molecule has 2 N–H and O–H groups in total. The molecule has 0 fully saturated rings. The number of amides is 2. The molecule has 0 bridgehead atoms. The zero-order valence-corrected chi connectivity index (χ0v) is 19.1. The molecule has 0 aliphatic heterocycles. The molecule has 0 aliphatic rings. The number of hydrogen-bond acceptors (Lipinski definition) is 4. The molecule has 1 heterocycles. The molecule has 2 aromatic rings. The number of nitrogens with one attached hydrogen (secondary N) is 2. The fourth-order valence-corrected chi connectivity index (χ4v) is 3.27. The van der Waals surface area contributed by atoms with Crippen molar-refractivity contribution >= 4 is 35.0 Å². The molecular formula is C21H17Cl2F6N3O3. The Hall–Kier alpha value is -2.83. The second-order valence-electron chi connectivity index (χ2n) is 6.99. The summed E-state index contributed by atoms with van der Waals surface area (Å²) in [5.41, 5.74) is -2.13. The van der Waals surface area contributed by atoms with Gasteiger partial charge in [0.15, 0.2) is 0 Å². The normalized spacial score (nSPS) is 13.6. The molecule has 0 spiro atoms. The highest BCUT2D eigenvalue weighted by Crippen LogP contribution is 2.39. The smallest absolute Gasteiger partial charge is 0.352 e. The predicted octanol–water partition coefficient (Wildman–Crippen LogP) is 5.65. The SMILES string of the molecule is C=CCCC(OCc1ccccc1)(C(=O)NNC(=O)c1nc(Cl)c(C(F)(F)F)cc1Cl)C(F)(F)F. The van der Waals surface area contributed by atoms with Crippen molar-refractivity contribution in [2.45, 2.75) is 37.4 Å². The van der Waals surface area contributed by atoms with Crippen molar-refractivity contribution < 1.29 is 40.7 Å². The first-order valence-corrected chi connectivity index (χ1v) is 10.4. The van der Waals surface area contributed by atoms with Crippen molar-refractivity contribution in [3.05, 3.63) is 76.0 Å². The van der Waals surface area contributed by atoms with Gasteiger partial charge < -0.3 is 4.74 Å². The van der Waals surface area contributed by atoms with Gasteiger partial charge in [0.2, 0.25) is 5.60 Å². The zero-order valence-electron chi connectivity index (χ0n) is 17.6. The van der Waals surface area contributed by atoms with E-state index in [9.17, 15) is 35.9 Å². The lowest BCUT2D eigenvalue weighted by Crippen LogP contribution is -2.61. The molecule has 1 aromatic carbocycles. The van der Waals surface area contributed by atoms with Crippen molar-refractivity contribution in [3.8, 4) is 0 Å². The average Bonchev–Trinajstić information content (AvgIpc) is 2.77. The van der Waals surface area contributed by atoms with Crippen LogP contribution >= 0.6 is 23.2 Å². The van der Waals surface area contributed by atoms with Crippen LogP contribution in [0.25, 0.3) is 0 Å². The van der Waals surface area contributed by atoms with Crippen molar-refractivity contribution in [1.82, 2.24) is 15.8 Å². The number of pyridine rings is 1. The fourth-order valence-electron chi connectivity index (χ4n) is 2.79. The van der Waals surface area contributed by atoms with Crippen LogP contribution in [0.15, 0.2) is 49.1 Å². The van der Waals surface area contributed by atoms with Gasteiger partial charge in [0.25, 0.3) is 11.8 Å². The van der Waals surface area contributed by atoms with E-state index in [0.717, 1.165) is 6.08 Å². The molecule has 1 unspecified atom stereocenters. The van der Waals surface area contributed by atoms with E-state index in [-0.39, 0.29) is 6.42 Å². The van der Waals surface area contributed by atoms with Crippen LogP contribution < -0.4 is 10.9 Å². The fraction of sp³-hybridized carbons (Fsp3) is 0.286. The number of nitrogens with zero attached hydrogens (tertiary/aromatic N) is 1. The maximum Gasteiger partial charge on any atom is 0.426 e. The third-order valence-electron chi connectivity index (χ3n) is 4.59. The number of carbonyl (C=O) groups is 2. The summed E-state index contributed by atoms with van der Waals surface area (Å²) in [6, 6.07) is 8.04. The molecule has 35 heavy (non-hydrogen) atoms. The summed E-state index contributed by atoms with van der Waals surface area (Å²) >= 11 is 11.1. The second-order valence-corrected chi connectivity index (χ2v) is 7.75. The zero-order chi connectivity index (χ0) is 26.4. The maximum atomic E-state index is 14.1. The van der Waals surface area contributed by atoms with Crippen LogP contribution in [0.5, 0.6) is 0 Å². The van der Waals surface area contributed by atoms with Gasteiger partial charge in [0.1, 0.15) is 10.8 Å². The van der Waals surface area contributed by atoms with Crippen LogP contribution in [0.3, 0.4) is 0 Å². The minimum atomic E-state index is -5.23. The monoisotopic (exact) mass is 543 g/mol. The minimum Gasteiger partial charge on any atom is -0.352 e. The molecule has 0 saturated heterocycles. The van der Waals surface area contributed by atoms with Crippen molar-refractivity contribution in [2.75, 3.05) is 0 Å². The highest BCUT2D eigenvalue weighted by atomic mass is 35.5. The van der Waals surface area contributed by atoms with E-state index in [4.69, 9.17) is 27.9 Å². The van der Waals surface area contributed by atoms with Crippen LogP contribution in [0.2, 0.25) is 10.2 Å². The maximum absolute atomic E-state index is 14.1. The molecule has 1 atom stereocenters. The summed E-state index contributed by atoms with van der Waals surface area (Å²) in [5.74, 6) is -3.20. The van der Waals surface area contributed by atoms with E-state index < -0.39 is 64.2 Å². The van der Waals surface area contributed by atoms with E-state index in [1.807, 2.05) is 0 Å². The molecule has 0 saturated carbocycles. The van der Waals surface area contributed by atoms with Crippen LogP contribution in [-0.2, 0) is 22.3 Å². The molecule has 1 aromatic heterocycles. The quantitative estimate of drug-likeness (QED) is 0.195. The number of rotatable bonds is 8. The number of hydrogen-bond donors (Lipinski definition) is 2. The van der Waals surface area contributed by atoms with Gasteiger partial charge in [0, 0.05) is 0 Å². The first-order valence-electron chi connectivity index (χ1n) is 9.62. The molecule has 0 radical (unpaired) electrons. The summed E-state index contributed by atoms with van der Waals surface area (Å²) in [5, 5.41) is -1.93. The van der Waals surface area contributed by atoms with E-state index in [1.54, 1.807) is 29.1 Å². The predicted molar refractivity (Wildman–Crippen MR) is 114 cm³/mol. The first kappa shape index (κ1) is 28.4. The number of hydrazine groups is 1. The van der Waals surface area contributed by atoms with Crippen LogP contribution in [0.1, 0.15) is 34.5 Å². The highest BCUT2D eigenvalue weighted by Gasteiger charge is 2.61. The Morgan fingerprint density at radius 2 is 1.69 bits per heavy atom. The Kier molecular flexibility index (Phi) is 9.15. The summed E-state index contributed by atoms with van der Waals surface area (Å²) in [6.45, 7) is 2.74. The van der Waals surface area contributed by atoms with Gasteiger partial charge in [-0.3, -0.25) is 20.4 Å². The van der Waals surface area contributed by atoms with Crippen LogP contribution in [-0.4, -0.2) is 28.6 Å². The van der Waals surface area contributed by atoms with E-state index in [1.165, 1.54) is 12.1 Å². The van der Waals surface area contributed by atoms with Gasteiger partial charge >= 0.3 is 12.4 Å². The second kappa shape index (κ2) is 11.3. The van der Waals surface area contributed by atoms with E-state index in [0.29, 0.717) is 11.6 Å². The Morgan fingerprint density at radius 3 is 2.23 bits per heavy atom. The minimum absolute atomic E-state index is 0.280. The highest BCUT2D eigenvalue weighted by molar-refractivity contribution is 6.35. The van der Waals surface area contributed by atoms with Crippen molar-refractivity contribution in [1.29, 1.82) is 0 Å². The Labute approximate surface area is 205 Å². The number of ether oxygens (including phenoxy) is 1. The molecule has 14 heteroatoms. The average molecular weight is 544 g/mol. The van der Waals surface area contributed by atoms with E-state index >= 15 is 0 Å². The van der Waals surface area contributed by atoms with Crippen molar-refractivity contribution in [2.24, 2.45) is 0 Å². The Morgan fingerprint density at radius 1 is 1.06 bits per heavy atom. The molecule has 6 nitrogen and oxygen atoms in total. The third-order valence-corrected chi connectivity index (χ3v) is 5.17. The molecular weight excluding hydrogens is 527 g/mol. The lowest BCUT2D eigenvalue weighted by atomic mass is 9.95. The summed E-state index contributed by atoms with van der Waals surface area (Å²) < 4.78 is 86.0. The van der Waals surface area contributed by atoms with Gasteiger partial charge in [-0.1, -0.05) is 59.6 Å². The van der Waals surface area contributed by atoms with Crippen LogP contribution in [0.4, 0.5) is 26.3 Å². The van der Waals surface area contributed by atoms with Gasteiger partial charge in [-0.25, -0.2) is 4.98 Å².